The number of unbranched alkanes of at least 4 members (excludes halogenated alkanes) is 6. The van der Waals surface area contributed by atoms with Crippen LogP contribution in [-0.2, 0) is 40.8 Å². The molecule has 0 spiro atoms. The third-order valence-electron chi connectivity index (χ3n) is 4.48. The minimum absolute atomic E-state index is 0. The summed E-state index contributed by atoms with van der Waals surface area (Å²) in [7, 11) is -12.0. The van der Waals surface area contributed by atoms with Gasteiger partial charge >= 0.3 is 26.2 Å². The van der Waals surface area contributed by atoms with E-state index in [-0.39, 0.29) is 65.8 Å². The van der Waals surface area contributed by atoms with E-state index < -0.39 is 23.5 Å². The topological polar surface area (TPSA) is 176 Å². The van der Waals surface area contributed by atoms with Crippen LogP contribution in [0.1, 0.15) is 119 Å². The molecule has 40 heavy (non-hydrogen) atoms. The van der Waals surface area contributed by atoms with Gasteiger partial charge in [-0.05, 0) is 38.5 Å². The van der Waals surface area contributed by atoms with Crippen molar-refractivity contribution in [3.63, 3.8) is 0 Å². The minimum Gasteiger partial charge on any atom is -0.756 e. The Bertz CT molecular complexity index is 531. The molecule has 0 saturated heterocycles. The Morgan fingerprint density at radius 1 is 0.375 bits per heavy atom. The third kappa shape index (κ3) is 41.3. The molecule has 0 saturated carbocycles. The first-order chi connectivity index (χ1) is 18.4. The second-order valence-corrected chi connectivity index (χ2v) is 12.7. The molecule has 0 aromatic rings. The monoisotopic (exact) mass is 836 g/mol. The predicted molar refractivity (Wildman–Crippen MR) is 154 cm³/mol. The quantitative estimate of drug-likeness (QED) is 0.0642. The van der Waals surface area contributed by atoms with E-state index in [1.165, 1.54) is 0 Å². The molecule has 0 N–H and O–H groups in total. The van der Waals surface area contributed by atoms with Gasteiger partial charge in [0.15, 0.2) is 0 Å². The normalized spacial score (nSPS) is 11.6. The maximum atomic E-state index is 11.0. The standard InChI is InChI=1S/3C8H19O4P.Bi/c3*1-3-5-7-11-13(9,10)12-8-6-4-2;/h3*3-8H2,1-2H3,(H,9,10);/q;;;+3/p-3. The van der Waals surface area contributed by atoms with Crippen LogP contribution in [-0.4, -0.2) is 65.8 Å². The SMILES string of the molecule is CCCCOP(=O)([O-])OCCCC.CCCCOP(=O)([O-])OCCCC.CCCCOP(=O)([O-])OCCCC.[Bi+3]. The van der Waals surface area contributed by atoms with Gasteiger partial charge in [0.05, 0.1) is 39.6 Å². The summed E-state index contributed by atoms with van der Waals surface area (Å²) in [5.41, 5.74) is 0. The fourth-order valence-corrected chi connectivity index (χ4v) is 4.38. The Morgan fingerprint density at radius 2 is 0.500 bits per heavy atom. The summed E-state index contributed by atoms with van der Waals surface area (Å²) in [6.45, 7) is 13.2. The van der Waals surface area contributed by atoms with Crippen LogP contribution >= 0.6 is 23.5 Å². The molecule has 242 valence electrons. The maximum absolute atomic E-state index is 11.0. The number of hydrogen-bond donors (Lipinski definition) is 0. The van der Waals surface area contributed by atoms with Crippen LogP contribution in [0.4, 0.5) is 0 Å². The molecule has 12 nitrogen and oxygen atoms in total. The summed E-state index contributed by atoms with van der Waals surface area (Å²) in [6, 6.07) is 0. The zero-order valence-corrected chi connectivity index (χ0v) is 31.6. The zero-order valence-electron chi connectivity index (χ0n) is 25.4. The second kappa shape index (κ2) is 33.1. The summed E-state index contributed by atoms with van der Waals surface area (Å²) in [5.74, 6) is 0. The van der Waals surface area contributed by atoms with Crippen LogP contribution in [0.5, 0.6) is 0 Å². The first-order valence-electron chi connectivity index (χ1n) is 14.2. The number of phosphoric ester groups is 3. The van der Waals surface area contributed by atoms with Gasteiger partial charge in [0.25, 0.3) is 23.5 Å². The Balaban J connectivity index is -0.000000240. The Hall–Kier alpha value is 1.21. The molecular formula is C24H54BiO12P3. The Morgan fingerprint density at radius 3 is 0.600 bits per heavy atom. The number of rotatable bonds is 24. The summed E-state index contributed by atoms with van der Waals surface area (Å²) in [4.78, 5) is 32.9. The first kappa shape index (κ1) is 48.1. The molecule has 0 rings (SSSR count). The molecule has 0 aliphatic rings. The summed E-state index contributed by atoms with van der Waals surface area (Å²) in [5, 5.41) is 0. The van der Waals surface area contributed by atoms with Crippen molar-refractivity contribution in [3.8, 4) is 0 Å². The molecule has 0 heterocycles. The van der Waals surface area contributed by atoms with Gasteiger partial charge in [0.1, 0.15) is 0 Å². The molecule has 0 aliphatic heterocycles. The summed E-state index contributed by atoms with van der Waals surface area (Å²) < 4.78 is 60.5. The maximum Gasteiger partial charge on any atom is 3.00 e. The minimum atomic E-state index is -4.00. The third-order valence-corrected chi connectivity index (χ3v) is 7.48. The predicted octanol–water partition coefficient (Wildman–Crippen LogP) is 5.88. The van der Waals surface area contributed by atoms with Crippen LogP contribution in [0.25, 0.3) is 0 Å². The van der Waals surface area contributed by atoms with Gasteiger partial charge in [-0.15, -0.1) is 0 Å². The van der Waals surface area contributed by atoms with Crippen molar-refractivity contribution >= 4 is 49.7 Å². The van der Waals surface area contributed by atoms with Crippen LogP contribution in [0.2, 0.25) is 0 Å². The van der Waals surface area contributed by atoms with E-state index in [0.717, 1.165) is 77.0 Å². The van der Waals surface area contributed by atoms with Crippen LogP contribution in [0.3, 0.4) is 0 Å². The average molecular weight is 837 g/mol. The van der Waals surface area contributed by atoms with Gasteiger partial charge in [-0.1, -0.05) is 80.1 Å². The van der Waals surface area contributed by atoms with Crippen LogP contribution < -0.4 is 14.7 Å². The van der Waals surface area contributed by atoms with Crippen molar-refractivity contribution in [2.75, 3.05) is 39.6 Å². The van der Waals surface area contributed by atoms with Gasteiger partial charge < -0.3 is 41.8 Å². The molecular weight excluding hydrogens is 782 g/mol. The Labute approximate surface area is 262 Å². The largest absolute Gasteiger partial charge is 3.00 e. The fraction of sp³-hybridized carbons (Fsp3) is 1.00. The zero-order chi connectivity index (χ0) is 30.5. The molecule has 0 bridgehead atoms. The molecule has 0 aromatic heterocycles. The molecule has 16 heteroatoms. The summed E-state index contributed by atoms with van der Waals surface area (Å²) in [6.07, 6.45) is 9.91. The van der Waals surface area contributed by atoms with Crippen molar-refractivity contribution in [1.29, 1.82) is 0 Å². The summed E-state index contributed by atoms with van der Waals surface area (Å²) >= 11 is 0. The molecule has 0 atom stereocenters. The van der Waals surface area contributed by atoms with Gasteiger partial charge in [0, 0.05) is 0 Å². The smallest absolute Gasteiger partial charge is 0.756 e. The van der Waals surface area contributed by atoms with Gasteiger partial charge in [-0.2, -0.15) is 0 Å². The van der Waals surface area contributed by atoms with Crippen LogP contribution in [0.15, 0.2) is 0 Å². The van der Waals surface area contributed by atoms with E-state index in [1.807, 2.05) is 41.5 Å². The van der Waals surface area contributed by atoms with Crippen molar-refractivity contribution in [2.45, 2.75) is 119 Å². The molecule has 0 fully saturated rings. The van der Waals surface area contributed by atoms with E-state index in [2.05, 4.69) is 27.1 Å². The van der Waals surface area contributed by atoms with Gasteiger partial charge in [-0.3, -0.25) is 13.7 Å². The van der Waals surface area contributed by atoms with Crippen molar-refractivity contribution in [1.82, 2.24) is 0 Å². The van der Waals surface area contributed by atoms with Gasteiger partial charge in [-0.25, -0.2) is 0 Å². The van der Waals surface area contributed by atoms with Crippen molar-refractivity contribution < 1.29 is 55.5 Å². The van der Waals surface area contributed by atoms with Crippen molar-refractivity contribution in [2.24, 2.45) is 0 Å². The van der Waals surface area contributed by atoms with E-state index >= 15 is 0 Å². The van der Waals surface area contributed by atoms with E-state index in [1.54, 1.807) is 0 Å². The molecule has 0 aliphatic carbocycles. The van der Waals surface area contributed by atoms with Crippen molar-refractivity contribution in [3.05, 3.63) is 0 Å². The van der Waals surface area contributed by atoms with Gasteiger partial charge in [0.2, 0.25) is 0 Å². The molecule has 2 radical (unpaired) electrons. The van der Waals surface area contributed by atoms with Crippen LogP contribution in [0, 0.1) is 0 Å². The van der Waals surface area contributed by atoms with E-state index in [9.17, 15) is 28.4 Å². The molecule has 0 aromatic carbocycles. The van der Waals surface area contributed by atoms with E-state index in [0.29, 0.717) is 0 Å². The first-order valence-corrected chi connectivity index (χ1v) is 18.5. The Kier molecular flexibility index (Phi) is 39.8. The molecule has 0 amide bonds. The fourth-order valence-electron chi connectivity index (χ4n) is 2.04. The number of hydrogen-bond acceptors (Lipinski definition) is 12. The van der Waals surface area contributed by atoms with E-state index in [4.69, 9.17) is 0 Å². The number of phosphoric acid groups is 3. The second-order valence-electron chi connectivity index (χ2n) is 8.46. The average Bonchev–Trinajstić information content (AvgIpc) is 2.85. The molecule has 0 unspecified atom stereocenters.